The zero-order chi connectivity index (χ0) is 18.0. The summed E-state index contributed by atoms with van der Waals surface area (Å²) in [5.74, 6) is -0.426. The van der Waals surface area contributed by atoms with Crippen molar-refractivity contribution < 1.29 is 19.1 Å². The number of rotatable bonds is 6. The van der Waals surface area contributed by atoms with Crippen LogP contribution in [0.5, 0.6) is 0 Å². The van der Waals surface area contributed by atoms with Crippen molar-refractivity contribution in [3.05, 3.63) is 45.6 Å². The molecule has 0 saturated heterocycles. The van der Waals surface area contributed by atoms with E-state index >= 15 is 0 Å². The number of carbonyl (C=O) groups excluding carboxylic acids is 2. The molecule has 7 heteroatoms. The van der Waals surface area contributed by atoms with Gasteiger partial charge in [-0.3, -0.25) is 4.90 Å². The van der Waals surface area contributed by atoms with Gasteiger partial charge in [0, 0.05) is 23.3 Å². The van der Waals surface area contributed by atoms with E-state index in [-0.39, 0.29) is 18.7 Å². The van der Waals surface area contributed by atoms with E-state index in [0.717, 1.165) is 22.9 Å². The number of urea groups is 1. The van der Waals surface area contributed by atoms with Gasteiger partial charge in [0.1, 0.15) is 6.61 Å². The third-order valence-electron chi connectivity index (χ3n) is 4.36. The van der Waals surface area contributed by atoms with Crippen LogP contribution in [0.2, 0.25) is 0 Å². The summed E-state index contributed by atoms with van der Waals surface area (Å²) in [7, 11) is 1.55. The van der Waals surface area contributed by atoms with Gasteiger partial charge in [-0.2, -0.15) is 0 Å². The van der Waals surface area contributed by atoms with Crippen LogP contribution in [0.1, 0.15) is 31.4 Å². The highest BCUT2D eigenvalue weighted by Gasteiger charge is 2.42. The van der Waals surface area contributed by atoms with Crippen LogP contribution in [0.15, 0.2) is 40.0 Å². The first-order chi connectivity index (χ1) is 12.0. The van der Waals surface area contributed by atoms with Gasteiger partial charge in [-0.25, -0.2) is 9.59 Å². The Balaban J connectivity index is 1.97. The number of ether oxygens (including phenoxy) is 2. The molecule has 6 nitrogen and oxygen atoms in total. The molecule has 1 aromatic carbocycles. The fourth-order valence-electron chi connectivity index (χ4n) is 3.03. The van der Waals surface area contributed by atoms with Gasteiger partial charge in [0.2, 0.25) is 0 Å². The van der Waals surface area contributed by atoms with Crippen molar-refractivity contribution in [2.75, 3.05) is 20.3 Å². The summed E-state index contributed by atoms with van der Waals surface area (Å²) in [5.41, 5.74) is 1.97. The number of hydrogen-bond acceptors (Lipinski definition) is 4. The summed E-state index contributed by atoms with van der Waals surface area (Å²) in [6, 6.07) is 7.03. The number of amides is 2. The molecule has 25 heavy (non-hydrogen) atoms. The van der Waals surface area contributed by atoms with Crippen LogP contribution < -0.4 is 5.32 Å². The van der Waals surface area contributed by atoms with E-state index in [1.807, 2.05) is 31.2 Å². The van der Waals surface area contributed by atoms with E-state index in [9.17, 15) is 9.59 Å². The van der Waals surface area contributed by atoms with Crippen LogP contribution in [0.25, 0.3) is 0 Å². The molecule has 2 aliphatic rings. The lowest BCUT2D eigenvalue weighted by Crippen LogP contribution is -2.49. The van der Waals surface area contributed by atoms with Crippen molar-refractivity contribution in [1.29, 1.82) is 0 Å². The van der Waals surface area contributed by atoms with Crippen LogP contribution in [-0.2, 0) is 14.3 Å². The van der Waals surface area contributed by atoms with Gasteiger partial charge in [0.25, 0.3) is 0 Å². The Morgan fingerprint density at radius 3 is 2.76 bits per heavy atom. The monoisotopic (exact) mass is 408 g/mol. The van der Waals surface area contributed by atoms with E-state index in [4.69, 9.17) is 9.47 Å². The summed E-state index contributed by atoms with van der Waals surface area (Å²) in [6.45, 7) is 2.32. The molecule has 1 aromatic rings. The summed E-state index contributed by atoms with van der Waals surface area (Å²) in [5, 5.41) is 2.96. The number of hydrogen-bond donors (Lipinski definition) is 1. The van der Waals surface area contributed by atoms with Crippen molar-refractivity contribution in [1.82, 2.24) is 10.2 Å². The molecule has 1 heterocycles. The molecular formula is C18H21BrN2O4. The SMILES string of the molecule is COCCOC(=O)C1=C(C)N(C2CC2)C(=O)NC1c1cccc(Br)c1. The maximum atomic E-state index is 12.7. The second kappa shape index (κ2) is 7.58. The van der Waals surface area contributed by atoms with Crippen molar-refractivity contribution in [2.45, 2.75) is 31.8 Å². The largest absolute Gasteiger partial charge is 0.460 e. The van der Waals surface area contributed by atoms with Crippen LogP contribution in [0.3, 0.4) is 0 Å². The van der Waals surface area contributed by atoms with Crippen LogP contribution >= 0.6 is 15.9 Å². The maximum Gasteiger partial charge on any atom is 0.338 e. The Bertz CT molecular complexity index is 715. The first-order valence-electron chi connectivity index (χ1n) is 8.25. The zero-order valence-corrected chi connectivity index (χ0v) is 15.8. The number of esters is 1. The minimum atomic E-state index is -0.532. The van der Waals surface area contributed by atoms with Crippen molar-refractivity contribution in [2.24, 2.45) is 0 Å². The van der Waals surface area contributed by atoms with Crippen molar-refractivity contribution >= 4 is 27.9 Å². The quantitative estimate of drug-likeness (QED) is 0.579. The van der Waals surface area contributed by atoms with Gasteiger partial charge in [-0.05, 0) is 37.5 Å². The average Bonchev–Trinajstić information content (AvgIpc) is 3.39. The van der Waals surface area contributed by atoms with Gasteiger partial charge in [-0.1, -0.05) is 28.1 Å². The zero-order valence-electron chi connectivity index (χ0n) is 14.3. The fraction of sp³-hybridized carbons (Fsp3) is 0.444. The molecule has 134 valence electrons. The molecule has 1 saturated carbocycles. The van der Waals surface area contributed by atoms with E-state index in [1.165, 1.54) is 0 Å². The number of nitrogens with one attached hydrogen (secondary N) is 1. The minimum absolute atomic E-state index is 0.168. The maximum absolute atomic E-state index is 12.7. The van der Waals surface area contributed by atoms with E-state index < -0.39 is 12.0 Å². The number of halogens is 1. The lowest BCUT2D eigenvalue weighted by Gasteiger charge is -2.35. The number of benzene rings is 1. The topological polar surface area (TPSA) is 67.9 Å². The standard InChI is InChI=1S/C18H21BrN2O4/c1-11-15(17(22)25-9-8-24-2)16(12-4-3-5-13(19)10-12)20-18(23)21(11)14-6-7-14/h3-5,10,14,16H,6-9H2,1-2H3,(H,20,23). The second-order valence-corrected chi connectivity index (χ2v) is 7.08. The Morgan fingerprint density at radius 2 is 2.12 bits per heavy atom. The number of carbonyl (C=O) groups is 2. The molecule has 1 N–H and O–H groups in total. The average molecular weight is 409 g/mol. The minimum Gasteiger partial charge on any atom is -0.460 e. The Morgan fingerprint density at radius 1 is 1.36 bits per heavy atom. The number of methoxy groups -OCH3 is 1. The van der Waals surface area contributed by atoms with E-state index in [2.05, 4.69) is 21.2 Å². The fourth-order valence-corrected chi connectivity index (χ4v) is 3.44. The van der Waals surface area contributed by atoms with Gasteiger partial charge < -0.3 is 14.8 Å². The van der Waals surface area contributed by atoms with Gasteiger partial charge in [0.15, 0.2) is 0 Å². The number of nitrogens with zero attached hydrogens (tertiary/aromatic N) is 1. The van der Waals surface area contributed by atoms with Crippen LogP contribution in [0, 0.1) is 0 Å². The molecule has 1 atom stereocenters. The summed E-state index contributed by atoms with van der Waals surface area (Å²) in [4.78, 5) is 27.0. The molecule has 0 aromatic heterocycles. The molecule has 1 aliphatic heterocycles. The molecule has 0 bridgehead atoms. The predicted octanol–water partition coefficient (Wildman–Crippen LogP) is 3.14. The lowest BCUT2D eigenvalue weighted by molar-refractivity contribution is -0.140. The summed E-state index contributed by atoms with van der Waals surface area (Å²) in [6.07, 6.45) is 1.91. The molecule has 1 fully saturated rings. The van der Waals surface area contributed by atoms with Gasteiger partial charge in [-0.15, -0.1) is 0 Å². The third kappa shape index (κ3) is 3.88. The summed E-state index contributed by atoms with van der Waals surface area (Å²) >= 11 is 3.44. The lowest BCUT2D eigenvalue weighted by atomic mass is 9.95. The second-order valence-electron chi connectivity index (χ2n) is 6.17. The predicted molar refractivity (Wildman–Crippen MR) is 95.8 cm³/mol. The molecule has 3 rings (SSSR count). The van der Waals surface area contributed by atoms with Crippen LogP contribution in [-0.4, -0.2) is 43.3 Å². The highest BCUT2D eigenvalue weighted by molar-refractivity contribution is 9.10. The smallest absolute Gasteiger partial charge is 0.338 e. The third-order valence-corrected chi connectivity index (χ3v) is 4.85. The van der Waals surface area contributed by atoms with Gasteiger partial charge in [0.05, 0.1) is 18.2 Å². The molecular weight excluding hydrogens is 388 g/mol. The first-order valence-corrected chi connectivity index (χ1v) is 9.04. The number of allylic oxidation sites excluding steroid dienone is 1. The van der Waals surface area contributed by atoms with E-state index in [0.29, 0.717) is 17.9 Å². The van der Waals surface area contributed by atoms with Gasteiger partial charge >= 0.3 is 12.0 Å². The normalized spacial score (nSPS) is 20.5. The highest BCUT2D eigenvalue weighted by Crippen LogP contribution is 2.38. The van der Waals surface area contributed by atoms with Crippen molar-refractivity contribution in [3.8, 4) is 0 Å². The van der Waals surface area contributed by atoms with Crippen LogP contribution in [0.4, 0.5) is 4.79 Å². The highest BCUT2D eigenvalue weighted by atomic mass is 79.9. The summed E-state index contributed by atoms with van der Waals surface area (Å²) < 4.78 is 11.2. The molecule has 1 aliphatic carbocycles. The first kappa shape index (κ1) is 17.9. The van der Waals surface area contributed by atoms with E-state index in [1.54, 1.807) is 12.0 Å². The molecule has 2 amide bonds. The Labute approximate surface area is 155 Å². The Hall–Kier alpha value is -1.86. The molecule has 0 spiro atoms. The molecule has 0 radical (unpaired) electrons. The Kier molecular flexibility index (Phi) is 5.44. The molecule has 1 unspecified atom stereocenters. The van der Waals surface area contributed by atoms with Crippen molar-refractivity contribution in [3.63, 3.8) is 0 Å².